The standard InChI is InChI=1S/C25H28N4O2/c1-18-8-6-7-11-21(18)23(20-9-4-3-5-10-20)27-12-14-28(15-13-27)24(30)22-19(2)25-29(26-22)16-17-31-25/h3-11,23H,12-17H2,1-2H3. The van der Waals surface area contributed by atoms with Gasteiger partial charge in [0.25, 0.3) is 5.91 Å². The molecule has 5 rings (SSSR count). The number of hydrogen-bond acceptors (Lipinski definition) is 4. The monoisotopic (exact) mass is 416 g/mol. The molecule has 3 aromatic rings. The van der Waals surface area contributed by atoms with Crippen molar-refractivity contribution in [3.05, 3.63) is 82.5 Å². The fourth-order valence-electron chi connectivity index (χ4n) is 4.75. The van der Waals surface area contributed by atoms with Crippen LogP contribution in [0.2, 0.25) is 0 Å². The normalized spacial score (nSPS) is 17.3. The Morgan fingerprint density at radius 3 is 2.35 bits per heavy atom. The fraction of sp³-hybridized carbons (Fsp3) is 0.360. The SMILES string of the molecule is Cc1ccccc1C(c1ccccc1)N1CCN(C(=O)c2nn3c(c2C)OCC3)CC1. The summed E-state index contributed by atoms with van der Waals surface area (Å²) in [5, 5.41) is 4.51. The summed E-state index contributed by atoms with van der Waals surface area (Å²) < 4.78 is 7.43. The molecule has 0 spiro atoms. The molecular weight excluding hydrogens is 388 g/mol. The zero-order valence-corrected chi connectivity index (χ0v) is 18.1. The van der Waals surface area contributed by atoms with Gasteiger partial charge < -0.3 is 9.64 Å². The molecule has 0 saturated carbocycles. The second kappa shape index (κ2) is 8.19. The lowest BCUT2D eigenvalue weighted by molar-refractivity contribution is 0.0589. The first-order valence-corrected chi connectivity index (χ1v) is 11.0. The van der Waals surface area contributed by atoms with E-state index in [1.807, 2.05) is 16.5 Å². The van der Waals surface area contributed by atoms with Crippen molar-refractivity contribution in [1.82, 2.24) is 19.6 Å². The summed E-state index contributed by atoms with van der Waals surface area (Å²) in [6.45, 7) is 8.48. The van der Waals surface area contributed by atoms with E-state index in [-0.39, 0.29) is 11.9 Å². The number of benzene rings is 2. The van der Waals surface area contributed by atoms with Crippen molar-refractivity contribution in [2.45, 2.75) is 26.4 Å². The number of carbonyl (C=O) groups excluding carboxylic acids is 1. The van der Waals surface area contributed by atoms with Gasteiger partial charge in [-0.3, -0.25) is 9.69 Å². The Balaban J connectivity index is 1.35. The predicted octanol–water partition coefficient (Wildman–Crippen LogP) is 3.44. The Morgan fingerprint density at radius 2 is 1.65 bits per heavy atom. The van der Waals surface area contributed by atoms with E-state index in [2.05, 4.69) is 71.5 Å². The molecule has 1 fully saturated rings. The molecule has 1 saturated heterocycles. The molecule has 1 aromatic heterocycles. The largest absolute Gasteiger partial charge is 0.476 e. The Bertz CT molecular complexity index is 1080. The van der Waals surface area contributed by atoms with Crippen LogP contribution in [0.25, 0.3) is 0 Å². The molecule has 160 valence electrons. The van der Waals surface area contributed by atoms with Crippen molar-refractivity contribution in [3.8, 4) is 5.88 Å². The van der Waals surface area contributed by atoms with E-state index in [0.717, 1.165) is 24.5 Å². The molecule has 1 unspecified atom stereocenters. The minimum Gasteiger partial charge on any atom is -0.476 e. The van der Waals surface area contributed by atoms with Crippen molar-refractivity contribution in [1.29, 1.82) is 0 Å². The molecule has 0 radical (unpaired) electrons. The highest BCUT2D eigenvalue weighted by atomic mass is 16.5. The molecule has 1 amide bonds. The summed E-state index contributed by atoms with van der Waals surface area (Å²) in [5.74, 6) is 0.750. The molecule has 6 nitrogen and oxygen atoms in total. The summed E-state index contributed by atoms with van der Waals surface area (Å²) in [4.78, 5) is 17.6. The number of hydrogen-bond donors (Lipinski definition) is 0. The van der Waals surface area contributed by atoms with Crippen LogP contribution < -0.4 is 4.74 Å². The number of carbonyl (C=O) groups is 1. The highest BCUT2D eigenvalue weighted by Gasteiger charge is 2.32. The van der Waals surface area contributed by atoms with E-state index in [1.54, 1.807) is 0 Å². The topological polar surface area (TPSA) is 50.6 Å². The van der Waals surface area contributed by atoms with Crippen molar-refractivity contribution < 1.29 is 9.53 Å². The van der Waals surface area contributed by atoms with Crippen LogP contribution in [0.5, 0.6) is 5.88 Å². The van der Waals surface area contributed by atoms with Crippen LogP contribution in [0, 0.1) is 13.8 Å². The van der Waals surface area contributed by atoms with Gasteiger partial charge in [-0.15, -0.1) is 0 Å². The summed E-state index contributed by atoms with van der Waals surface area (Å²) in [7, 11) is 0. The highest BCUT2D eigenvalue weighted by Crippen LogP contribution is 2.32. The summed E-state index contributed by atoms with van der Waals surface area (Å²) >= 11 is 0. The lowest BCUT2D eigenvalue weighted by Gasteiger charge is -2.40. The Morgan fingerprint density at radius 1 is 0.935 bits per heavy atom. The first-order valence-electron chi connectivity index (χ1n) is 11.0. The number of piperazine rings is 1. The van der Waals surface area contributed by atoms with Crippen LogP contribution in [0.3, 0.4) is 0 Å². The second-order valence-corrected chi connectivity index (χ2v) is 8.35. The zero-order valence-electron chi connectivity index (χ0n) is 18.1. The van der Waals surface area contributed by atoms with Gasteiger partial charge in [-0.1, -0.05) is 54.6 Å². The Hall–Kier alpha value is -3.12. The molecule has 6 heteroatoms. The molecule has 0 bridgehead atoms. The van der Waals surface area contributed by atoms with E-state index in [0.29, 0.717) is 31.9 Å². The van der Waals surface area contributed by atoms with E-state index < -0.39 is 0 Å². The predicted molar refractivity (Wildman–Crippen MR) is 119 cm³/mol. The summed E-state index contributed by atoms with van der Waals surface area (Å²) in [6, 6.07) is 19.4. The molecule has 1 atom stereocenters. The summed E-state index contributed by atoms with van der Waals surface area (Å²) in [6.07, 6.45) is 0. The molecule has 0 N–H and O–H groups in total. The van der Waals surface area contributed by atoms with Crippen LogP contribution in [0.4, 0.5) is 0 Å². The first-order chi connectivity index (χ1) is 15.1. The maximum Gasteiger partial charge on any atom is 0.274 e. The fourth-order valence-corrected chi connectivity index (χ4v) is 4.75. The van der Waals surface area contributed by atoms with Crippen molar-refractivity contribution in [3.63, 3.8) is 0 Å². The van der Waals surface area contributed by atoms with Gasteiger partial charge in [-0.05, 0) is 30.5 Å². The van der Waals surface area contributed by atoms with Gasteiger partial charge in [0, 0.05) is 31.7 Å². The van der Waals surface area contributed by atoms with Crippen LogP contribution >= 0.6 is 0 Å². The number of amides is 1. The van der Waals surface area contributed by atoms with E-state index in [4.69, 9.17) is 4.74 Å². The number of aryl methyl sites for hydroxylation is 1. The third-order valence-electron chi connectivity index (χ3n) is 6.44. The lowest BCUT2D eigenvalue weighted by Crippen LogP contribution is -2.50. The van der Waals surface area contributed by atoms with Gasteiger partial charge >= 0.3 is 0 Å². The lowest BCUT2D eigenvalue weighted by atomic mass is 9.93. The van der Waals surface area contributed by atoms with Crippen molar-refractivity contribution in [2.24, 2.45) is 0 Å². The van der Waals surface area contributed by atoms with Crippen molar-refractivity contribution >= 4 is 5.91 Å². The number of rotatable bonds is 4. The van der Waals surface area contributed by atoms with Crippen LogP contribution in [-0.2, 0) is 6.54 Å². The molecule has 0 aliphatic carbocycles. The number of aromatic nitrogens is 2. The maximum atomic E-state index is 13.2. The third kappa shape index (κ3) is 3.61. The van der Waals surface area contributed by atoms with Gasteiger partial charge in [0.2, 0.25) is 5.88 Å². The van der Waals surface area contributed by atoms with Gasteiger partial charge in [0.1, 0.15) is 6.61 Å². The van der Waals surface area contributed by atoms with Crippen LogP contribution in [-0.4, -0.2) is 58.3 Å². The molecule has 2 aliphatic heterocycles. The minimum atomic E-state index is 0.00908. The minimum absolute atomic E-state index is 0.00908. The van der Waals surface area contributed by atoms with Gasteiger partial charge in [0.05, 0.1) is 12.6 Å². The number of ether oxygens (including phenoxy) is 1. The van der Waals surface area contributed by atoms with E-state index in [1.165, 1.54) is 16.7 Å². The first kappa shape index (κ1) is 19.8. The van der Waals surface area contributed by atoms with Crippen molar-refractivity contribution in [2.75, 3.05) is 32.8 Å². The Kier molecular flexibility index (Phi) is 5.24. The zero-order chi connectivity index (χ0) is 21.4. The molecule has 2 aromatic carbocycles. The van der Waals surface area contributed by atoms with E-state index >= 15 is 0 Å². The molecule has 2 aliphatic rings. The average Bonchev–Trinajstić information content (AvgIpc) is 3.39. The molecule has 31 heavy (non-hydrogen) atoms. The molecule has 3 heterocycles. The summed E-state index contributed by atoms with van der Waals surface area (Å²) in [5.41, 5.74) is 5.29. The second-order valence-electron chi connectivity index (χ2n) is 8.35. The van der Waals surface area contributed by atoms with Gasteiger partial charge in [0.15, 0.2) is 5.69 Å². The van der Waals surface area contributed by atoms with Crippen LogP contribution in [0.1, 0.15) is 38.8 Å². The van der Waals surface area contributed by atoms with Gasteiger partial charge in [-0.25, -0.2) is 4.68 Å². The average molecular weight is 417 g/mol. The maximum absolute atomic E-state index is 13.2. The number of nitrogens with zero attached hydrogens (tertiary/aromatic N) is 4. The quantitative estimate of drug-likeness (QED) is 0.654. The third-order valence-corrected chi connectivity index (χ3v) is 6.44. The van der Waals surface area contributed by atoms with E-state index in [9.17, 15) is 4.79 Å². The van der Waals surface area contributed by atoms with Gasteiger partial charge in [-0.2, -0.15) is 5.10 Å². The Labute approximate surface area is 183 Å². The number of fused-ring (bicyclic) bond motifs is 1. The van der Waals surface area contributed by atoms with Crippen LogP contribution in [0.15, 0.2) is 54.6 Å². The highest BCUT2D eigenvalue weighted by molar-refractivity contribution is 5.94. The molecular formula is C25H28N4O2. The smallest absolute Gasteiger partial charge is 0.274 e.